The highest BCUT2D eigenvalue weighted by atomic mass is 19.4. The number of carbonyl (C=O) groups is 3. The number of ketones is 1. The van der Waals surface area contributed by atoms with Crippen molar-refractivity contribution in [2.24, 2.45) is 11.8 Å². The van der Waals surface area contributed by atoms with E-state index in [1.54, 1.807) is 18.2 Å². The van der Waals surface area contributed by atoms with Crippen molar-refractivity contribution in [2.45, 2.75) is 13.1 Å². The standard InChI is InChI=1S/C16H17F3N2O4/c1-9(22)10-3-2-4-11(5-10)20-14(23)8-21-6-12(15(24)25)13(7-21)16(17,18)19/h2-5,12-13H,6-8H2,1H3,(H,20,23)(H,24,25)/t12-,13-/m1/s1. The lowest BCUT2D eigenvalue weighted by Crippen LogP contribution is -2.34. The minimum absolute atomic E-state index is 0.187. The van der Waals surface area contributed by atoms with Crippen molar-refractivity contribution in [3.8, 4) is 0 Å². The first-order valence-corrected chi connectivity index (χ1v) is 7.50. The summed E-state index contributed by atoms with van der Waals surface area (Å²) in [5.41, 5.74) is 0.737. The number of halogens is 3. The smallest absolute Gasteiger partial charge is 0.393 e. The molecule has 25 heavy (non-hydrogen) atoms. The quantitative estimate of drug-likeness (QED) is 0.787. The van der Waals surface area contributed by atoms with Gasteiger partial charge in [-0.1, -0.05) is 12.1 Å². The number of carbonyl (C=O) groups excluding carboxylic acids is 2. The molecule has 0 radical (unpaired) electrons. The molecule has 1 aliphatic heterocycles. The molecular formula is C16H17F3N2O4. The molecule has 1 aliphatic rings. The first kappa shape index (κ1) is 18.9. The third-order valence-electron chi connectivity index (χ3n) is 4.05. The summed E-state index contributed by atoms with van der Waals surface area (Å²) in [7, 11) is 0. The van der Waals surface area contributed by atoms with Gasteiger partial charge < -0.3 is 10.4 Å². The van der Waals surface area contributed by atoms with E-state index in [2.05, 4.69) is 5.32 Å². The van der Waals surface area contributed by atoms with Crippen LogP contribution >= 0.6 is 0 Å². The maximum Gasteiger partial charge on any atom is 0.393 e. The zero-order chi connectivity index (χ0) is 18.8. The summed E-state index contributed by atoms with van der Waals surface area (Å²) >= 11 is 0. The fourth-order valence-corrected chi connectivity index (χ4v) is 2.82. The molecule has 6 nitrogen and oxygen atoms in total. The van der Waals surface area contributed by atoms with Gasteiger partial charge in [-0.15, -0.1) is 0 Å². The SMILES string of the molecule is CC(=O)c1cccc(NC(=O)CN2C[C@@H](C(F)(F)F)[C@H](C(=O)O)C2)c1. The Kier molecular flexibility index (Phi) is 5.46. The van der Waals surface area contributed by atoms with Crippen LogP contribution in [-0.2, 0) is 9.59 Å². The average Bonchev–Trinajstić information content (AvgIpc) is 2.91. The predicted molar refractivity (Wildman–Crippen MR) is 82.2 cm³/mol. The van der Waals surface area contributed by atoms with Crippen LogP contribution in [0.2, 0.25) is 0 Å². The van der Waals surface area contributed by atoms with Gasteiger partial charge in [0.1, 0.15) is 0 Å². The number of carboxylic acids is 1. The largest absolute Gasteiger partial charge is 0.481 e. The van der Waals surface area contributed by atoms with Crippen LogP contribution in [0.5, 0.6) is 0 Å². The van der Waals surface area contributed by atoms with Crippen molar-refractivity contribution in [1.29, 1.82) is 0 Å². The molecule has 1 heterocycles. The molecule has 2 N–H and O–H groups in total. The second-order valence-corrected chi connectivity index (χ2v) is 5.97. The Morgan fingerprint density at radius 2 is 1.96 bits per heavy atom. The number of hydrogen-bond donors (Lipinski definition) is 2. The van der Waals surface area contributed by atoms with Gasteiger partial charge in [0, 0.05) is 24.3 Å². The Morgan fingerprint density at radius 1 is 1.28 bits per heavy atom. The number of nitrogens with zero attached hydrogens (tertiary/aromatic N) is 1. The van der Waals surface area contributed by atoms with Crippen molar-refractivity contribution in [3.05, 3.63) is 29.8 Å². The van der Waals surface area contributed by atoms with E-state index in [0.29, 0.717) is 11.3 Å². The van der Waals surface area contributed by atoms with Gasteiger partial charge in [0.25, 0.3) is 0 Å². The van der Waals surface area contributed by atoms with Crippen molar-refractivity contribution < 1.29 is 32.7 Å². The maximum atomic E-state index is 12.9. The summed E-state index contributed by atoms with van der Waals surface area (Å²) in [6, 6.07) is 6.15. The highest BCUT2D eigenvalue weighted by Crippen LogP contribution is 2.37. The minimum atomic E-state index is -4.63. The summed E-state index contributed by atoms with van der Waals surface area (Å²) in [4.78, 5) is 35.5. The molecule has 1 aromatic carbocycles. The first-order valence-electron chi connectivity index (χ1n) is 7.50. The third-order valence-corrected chi connectivity index (χ3v) is 4.05. The summed E-state index contributed by atoms with van der Waals surface area (Å²) < 4.78 is 38.8. The molecule has 0 aliphatic carbocycles. The number of hydrogen-bond acceptors (Lipinski definition) is 4. The molecule has 0 unspecified atom stereocenters. The Hall–Kier alpha value is -2.42. The lowest BCUT2D eigenvalue weighted by molar-refractivity contribution is -0.188. The van der Waals surface area contributed by atoms with Crippen LogP contribution in [0.25, 0.3) is 0 Å². The molecule has 0 aromatic heterocycles. The van der Waals surface area contributed by atoms with Crippen LogP contribution in [0.3, 0.4) is 0 Å². The number of amides is 1. The van der Waals surface area contributed by atoms with E-state index in [1.165, 1.54) is 17.9 Å². The van der Waals surface area contributed by atoms with E-state index >= 15 is 0 Å². The molecule has 0 bridgehead atoms. The van der Waals surface area contributed by atoms with E-state index in [4.69, 9.17) is 5.11 Å². The normalized spacial score (nSPS) is 21.1. The van der Waals surface area contributed by atoms with Crippen LogP contribution in [0.15, 0.2) is 24.3 Å². The number of nitrogens with one attached hydrogen (secondary N) is 1. The lowest BCUT2D eigenvalue weighted by atomic mass is 9.96. The van der Waals surface area contributed by atoms with Crippen molar-refractivity contribution in [1.82, 2.24) is 4.90 Å². The number of benzene rings is 1. The molecule has 1 aromatic rings. The number of aliphatic carboxylic acids is 1. The maximum absolute atomic E-state index is 12.9. The van der Waals surface area contributed by atoms with Gasteiger partial charge in [-0.05, 0) is 19.1 Å². The number of anilines is 1. The van der Waals surface area contributed by atoms with Crippen LogP contribution in [0.1, 0.15) is 17.3 Å². The monoisotopic (exact) mass is 358 g/mol. The van der Waals surface area contributed by atoms with E-state index < -0.39 is 36.4 Å². The van der Waals surface area contributed by atoms with Crippen molar-refractivity contribution in [2.75, 3.05) is 25.0 Å². The van der Waals surface area contributed by atoms with Crippen LogP contribution in [0, 0.1) is 11.8 Å². The third kappa shape index (κ3) is 4.79. The number of carboxylic acid groups (broad SMARTS) is 1. The zero-order valence-corrected chi connectivity index (χ0v) is 13.3. The fourth-order valence-electron chi connectivity index (χ4n) is 2.82. The molecule has 1 fully saturated rings. The summed E-state index contributed by atoms with van der Waals surface area (Å²) in [6.45, 7) is 0.122. The van der Waals surface area contributed by atoms with E-state index in [0.717, 1.165) is 0 Å². The van der Waals surface area contributed by atoms with E-state index in [1.807, 2.05) is 0 Å². The highest BCUT2D eigenvalue weighted by Gasteiger charge is 2.52. The number of rotatable bonds is 5. The van der Waals surface area contributed by atoms with Gasteiger partial charge in [0.05, 0.1) is 18.4 Å². The molecular weight excluding hydrogens is 341 g/mol. The van der Waals surface area contributed by atoms with Gasteiger partial charge in [0.2, 0.25) is 5.91 Å². The second kappa shape index (κ2) is 7.22. The van der Waals surface area contributed by atoms with Gasteiger partial charge in [-0.2, -0.15) is 13.2 Å². The Labute approximate surface area is 141 Å². The molecule has 0 saturated carbocycles. The van der Waals surface area contributed by atoms with Gasteiger partial charge in [0.15, 0.2) is 5.78 Å². The predicted octanol–water partition coefficient (Wildman–Crippen LogP) is 2.02. The molecule has 136 valence electrons. The van der Waals surface area contributed by atoms with Gasteiger partial charge >= 0.3 is 12.1 Å². The number of alkyl halides is 3. The Bertz CT molecular complexity index is 690. The van der Waals surface area contributed by atoms with Gasteiger partial charge in [-0.25, -0.2) is 0 Å². The van der Waals surface area contributed by atoms with Crippen LogP contribution in [0.4, 0.5) is 18.9 Å². The molecule has 9 heteroatoms. The molecule has 0 spiro atoms. The lowest BCUT2D eigenvalue weighted by Gasteiger charge is -2.18. The molecule has 1 amide bonds. The highest BCUT2D eigenvalue weighted by molar-refractivity contribution is 5.97. The van der Waals surface area contributed by atoms with Gasteiger partial charge in [-0.3, -0.25) is 19.3 Å². The fraction of sp³-hybridized carbons (Fsp3) is 0.438. The van der Waals surface area contributed by atoms with Crippen LogP contribution < -0.4 is 5.32 Å². The second-order valence-electron chi connectivity index (χ2n) is 5.97. The molecule has 2 rings (SSSR count). The average molecular weight is 358 g/mol. The summed E-state index contributed by atoms with van der Waals surface area (Å²) in [5, 5.41) is 11.5. The van der Waals surface area contributed by atoms with E-state index in [-0.39, 0.29) is 18.9 Å². The minimum Gasteiger partial charge on any atom is -0.481 e. The summed E-state index contributed by atoms with van der Waals surface area (Å²) in [5.74, 6) is -5.88. The zero-order valence-electron chi connectivity index (χ0n) is 13.3. The molecule has 1 saturated heterocycles. The van der Waals surface area contributed by atoms with E-state index in [9.17, 15) is 27.6 Å². The summed E-state index contributed by atoms with van der Waals surface area (Å²) in [6.07, 6.45) is -4.63. The van der Waals surface area contributed by atoms with Crippen molar-refractivity contribution in [3.63, 3.8) is 0 Å². The van der Waals surface area contributed by atoms with Crippen LogP contribution in [-0.4, -0.2) is 53.5 Å². The van der Waals surface area contributed by atoms with Crippen molar-refractivity contribution >= 4 is 23.3 Å². The first-order chi connectivity index (χ1) is 11.6. The Balaban J connectivity index is 2.00. The number of likely N-dealkylation sites (tertiary alicyclic amines) is 1. The Morgan fingerprint density at radius 3 is 2.48 bits per heavy atom. The topological polar surface area (TPSA) is 86.7 Å². The number of Topliss-reactive ketones (excluding diaryl/α,β-unsaturated/α-hetero) is 1. The molecule has 2 atom stereocenters.